The van der Waals surface area contributed by atoms with E-state index in [9.17, 15) is 8.42 Å². The van der Waals surface area contributed by atoms with Crippen LogP contribution in [0.1, 0.15) is 45.1 Å². The van der Waals surface area contributed by atoms with Crippen molar-refractivity contribution in [2.45, 2.75) is 57.0 Å². The van der Waals surface area contributed by atoms with Crippen LogP contribution in [0.2, 0.25) is 0 Å². The SMILES string of the molecule is CN=C(NCc1cccc(S(N)(=O)=O)c1)NCC(C(C)C)N1CCCCCC1. The summed E-state index contributed by atoms with van der Waals surface area (Å²) in [5.41, 5.74) is 0.836. The molecule has 1 heterocycles. The lowest BCUT2D eigenvalue weighted by molar-refractivity contribution is 0.161. The molecule has 1 aromatic carbocycles. The monoisotopic (exact) mass is 409 g/mol. The average Bonchev–Trinajstić information content (AvgIpc) is 2.93. The number of primary sulfonamides is 1. The second kappa shape index (κ2) is 10.8. The van der Waals surface area contributed by atoms with E-state index < -0.39 is 10.0 Å². The number of benzene rings is 1. The van der Waals surface area contributed by atoms with Gasteiger partial charge in [-0.15, -0.1) is 0 Å². The van der Waals surface area contributed by atoms with Crippen LogP contribution in [-0.4, -0.2) is 52.0 Å². The molecule has 1 saturated heterocycles. The normalized spacial score (nSPS) is 18.0. The van der Waals surface area contributed by atoms with Crippen molar-refractivity contribution in [3.8, 4) is 0 Å². The molecule has 28 heavy (non-hydrogen) atoms. The van der Waals surface area contributed by atoms with E-state index in [1.54, 1.807) is 19.2 Å². The highest BCUT2D eigenvalue weighted by Crippen LogP contribution is 2.17. The van der Waals surface area contributed by atoms with E-state index in [0.717, 1.165) is 25.2 Å². The molecule has 1 fully saturated rings. The van der Waals surface area contributed by atoms with E-state index in [1.165, 1.54) is 31.7 Å². The smallest absolute Gasteiger partial charge is 0.238 e. The van der Waals surface area contributed by atoms with Crippen LogP contribution in [0.5, 0.6) is 0 Å². The van der Waals surface area contributed by atoms with E-state index in [-0.39, 0.29) is 4.90 Å². The quantitative estimate of drug-likeness (QED) is 0.472. The van der Waals surface area contributed by atoms with E-state index >= 15 is 0 Å². The summed E-state index contributed by atoms with van der Waals surface area (Å²) in [6.07, 6.45) is 5.21. The lowest BCUT2D eigenvalue weighted by Crippen LogP contribution is -2.49. The number of guanidine groups is 1. The molecule has 2 rings (SSSR count). The average molecular weight is 410 g/mol. The maximum absolute atomic E-state index is 11.5. The third-order valence-electron chi connectivity index (χ3n) is 5.27. The third-order valence-corrected chi connectivity index (χ3v) is 6.18. The Balaban J connectivity index is 1.92. The van der Waals surface area contributed by atoms with Crippen LogP contribution in [0.25, 0.3) is 0 Å². The van der Waals surface area contributed by atoms with Gasteiger partial charge in [-0.05, 0) is 49.5 Å². The van der Waals surface area contributed by atoms with Crippen LogP contribution >= 0.6 is 0 Å². The van der Waals surface area contributed by atoms with Crippen molar-refractivity contribution in [1.29, 1.82) is 0 Å². The van der Waals surface area contributed by atoms with E-state index in [1.807, 2.05) is 6.07 Å². The Hall–Kier alpha value is -1.64. The molecule has 1 aliphatic rings. The van der Waals surface area contributed by atoms with Crippen molar-refractivity contribution in [1.82, 2.24) is 15.5 Å². The van der Waals surface area contributed by atoms with Gasteiger partial charge in [0.2, 0.25) is 10.0 Å². The summed E-state index contributed by atoms with van der Waals surface area (Å²) in [6, 6.07) is 7.11. The minimum atomic E-state index is -3.70. The number of rotatable bonds is 7. The molecule has 0 aliphatic carbocycles. The molecule has 0 radical (unpaired) electrons. The van der Waals surface area contributed by atoms with Gasteiger partial charge in [0, 0.05) is 26.2 Å². The van der Waals surface area contributed by atoms with E-state index in [4.69, 9.17) is 5.14 Å². The Morgan fingerprint density at radius 3 is 2.43 bits per heavy atom. The Kier molecular flexibility index (Phi) is 8.72. The van der Waals surface area contributed by atoms with Gasteiger partial charge >= 0.3 is 0 Å². The maximum atomic E-state index is 11.5. The molecule has 0 spiro atoms. The minimum Gasteiger partial charge on any atom is -0.355 e. The van der Waals surface area contributed by atoms with Gasteiger partial charge in [0.05, 0.1) is 4.90 Å². The molecule has 0 bridgehead atoms. The second-order valence-corrected chi connectivity index (χ2v) is 9.32. The first-order valence-corrected chi connectivity index (χ1v) is 11.7. The highest BCUT2D eigenvalue weighted by Gasteiger charge is 2.22. The molecule has 1 aromatic rings. The van der Waals surface area contributed by atoms with Gasteiger partial charge in [0.25, 0.3) is 0 Å². The number of hydrogen-bond acceptors (Lipinski definition) is 4. The number of nitrogens with two attached hydrogens (primary N) is 1. The number of nitrogens with one attached hydrogen (secondary N) is 2. The highest BCUT2D eigenvalue weighted by molar-refractivity contribution is 7.89. The molecule has 8 heteroatoms. The zero-order valence-electron chi connectivity index (χ0n) is 17.3. The summed E-state index contributed by atoms with van der Waals surface area (Å²) in [5.74, 6) is 1.26. The molecule has 158 valence electrons. The Morgan fingerprint density at radius 2 is 1.86 bits per heavy atom. The molecule has 1 aliphatic heterocycles. The van der Waals surface area contributed by atoms with Crippen LogP contribution in [0.15, 0.2) is 34.2 Å². The largest absolute Gasteiger partial charge is 0.355 e. The summed E-state index contributed by atoms with van der Waals surface area (Å²) in [5, 5.41) is 11.9. The third kappa shape index (κ3) is 7.07. The molecule has 0 saturated carbocycles. The Labute approximate surface area is 169 Å². The molecule has 0 amide bonds. The van der Waals surface area contributed by atoms with Crippen molar-refractivity contribution in [2.24, 2.45) is 16.0 Å². The molecule has 7 nitrogen and oxygen atoms in total. The lowest BCUT2D eigenvalue weighted by Gasteiger charge is -2.34. The van der Waals surface area contributed by atoms with Gasteiger partial charge in [-0.25, -0.2) is 13.6 Å². The summed E-state index contributed by atoms with van der Waals surface area (Å²) in [4.78, 5) is 7.03. The number of aliphatic imine (C=N–C) groups is 1. The first-order valence-electron chi connectivity index (χ1n) is 10.1. The Bertz CT molecular complexity index is 741. The summed E-state index contributed by atoms with van der Waals surface area (Å²) < 4.78 is 23.0. The summed E-state index contributed by atoms with van der Waals surface area (Å²) in [6.45, 7) is 8.17. The van der Waals surface area contributed by atoms with Crippen molar-refractivity contribution in [3.05, 3.63) is 29.8 Å². The number of hydrogen-bond donors (Lipinski definition) is 3. The van der Waals surface area contributed by atoms with Gasteiger partial charge in [-0.2, -0.15) is 0 Å². The first-order chi connectivity index (χ1) is 13.3. The molecule has 1 atom stereocenters. The molecule has 4 N–H and O–H groups in total. The molecular weight excluding hydrogens is 374 g/mol. The van der Waals surface area contributed by atoms with Crippen LogP contribution in [0.3, 0.4) is 0 Å². The van der Waals surface area contributed by atoms with Gasteiger partial charge in [-0.1, -0.05) is 38.8 Å². The van der Waals surface area contributed by atoms with Crippen molar-refractivity contribution in [3.63, 3.8) is 0 Å². The molecule has 0 aromatic heterocycles. The number of nitrogens with zero attached hydrogens (tertiary/aromatic N) is 2. The lowest BCUT2D eigenvalue weighted by atomic mass is 10.0. The van der Waals surface area contributed by atoms with Gasteiger partial charge in [0.1, 0.15) is 0 Å². The second-order valence-electron chi connectivity index (χ2n) is 7.76. The van der Waals surface area contributed by atoms with Gasteiger partial charge in [-0.3, -0.25) is 9.89 Å². The van der Waals surface area contributed by atoms with Gasteiger partial charge < -0.3 is 10.6 Å². The topological polar surface area (TPSA) is 99.8 Å². The van der Waals surface area contributed by atoms with Crippen LogP contribution in [0, 0.1) is 5.92 Å². The number of likely N-dealkylation sites (tertiary alicyclic amines) is 1. The zero-order valence-corrected chi connectivity index (χ0v) is 18.1. The van der Waals surface area contributed by atoms with Crippen LogP contribution in [-0.2, 0) is 16.6 Å². The van der Waals surface area contributed by atoms with Crippen molar-refractivity contribution < 1.29 is 8.42 Å². The highest BCUT2D eigenvalue weighted by atomic mass is 32.2. The van der Waals surface area contributed by atoms with E-state index in [2.05, 4.69) is 34.4 Å². The van der Waals surface area contributed by atoms with Crippen molar-refractivity contribution >= 4 is 16.0 Å². The summed E-state index contributed by atoms with van der Waals surface area (Å²) >= 11 is 0. The first kappa shape index (κ1) is 22.6. The maximum Gasteiger partial charge on any atom is 0.238 e. The Morgan fingerprint density at radius 1 is 1.18 bits per heavy atom. The number of sulfonamides is 1. The fourth-order valence-corrected chi connectivity index (χ4v) is 4.24. The predicted molar refractivity (Wildman–Crippen MR) is 115 cm³/mol. The standard InChI is InChI=1S/C20H35N5O2S/c1-16(2)19(25-11-6-4-5-7-12-25)15-24-20(22-3)23-14-17-9-8-10-18(13-17)28(21,26)27/h8-10,13,16,19H,4-7,11-12,14-15H2,1-3H3,(H2,21,26,27)(H2,22,23,24). The zero-order chi connectivity index (χ0) is 20.6. The fourth-order valence-electron chi connectivity index (χ4n) is 3.65. The van der Waals surface area contributed by atoms with Crippen LogP contribution < -0.4 is 15.8 Å². The van der Waals surface area contributed by atoms with E-state index in [0.29, 0.717) is 24.5 Å². The predicted octanol–water partition coefficient (Wildman–Crippen LogP) is 1.90. The molecule has 1 unspecified atom stereocenters. The minimum absolute atomic E-state index is 0.121. The van der Waals surface area contributed by atoms with Crippen LogP contribution in [0.4, 0.5) is 0 Å². The summed E-state index contributed by atoms with van der Waals surface area (Å²) in [7, 11) is -1.95. The van der Waals surface area contributed by atoms with Gasteiger partial charge in [0.15, 0.2) is 5.96 Å². The fraction of sp³-hybridized carbons (Fsp3) is 0.650. The van der Waals surface area contributed by atoms with Crippen molar-refractivity contribution in [2.75, 3.05) is 26.7 Å². The molecular formula is C20H35N5O2S.